The van der Waals surface area contributed by atoms with Crippen LogP contribution < -0.4 is 5.32 Å². The fraction of sp³-hybridized carbons (Fsp3) is 0.917. The first-order valence-electron chi connectivity index (χ1n) is 6.28. The molecular weight excluding hydrogens is 222 g/mol. The molecule has 2 saturated heterocycles. The third kappa shape index (κ3) is 3.74. The Morgan fingerprint density at radius 2 is 2.29 bits per heavy atom. The second-order valence-electron chi connectivity index (χ2n) is 5.10. The summed E-state index contributed by atoms with van der Waals surface area (Å²) in [6.45, 7) is 4.40. The van der Waals surface area contributed by atoms with E-state index in [4.69, 9.17) is 9.47 Å². The normalized spacial score (nSPS) is 41.2. The number of Topliss-reactive ketones (excluding diaryl/α,β-unsaturated/α-hetero) is 1. The minimum absolute atomic E-state index is 0.0149. The van der Waals surface area contributed by atoms with Crippen molar-refractivity contribution in [2.45, 2.75) is 57.8 Å². The van der Waals surface area contributed by atoms with Gasteiger partial charge in [-0.2, -0.15) is 0 Å². The molecule has 2 heterocycles. The number of hydrogen-bond donors (Lipinski definition) is 2. The van der Waals surface area contributed by atoms with Crippen molar-refractivity contribution in [3.8, 4) is 0 Å². The Kier molecular flexibility index (Phi) is 4.14. The topological polar surface area (TPSA) is 77.7 Å². The zero-order valence-electron chi connectivity index (χ0n) is 10.4. The lowest BCUT2D eigenvalue weighted by molar-refractivity contribution is -0.259. The number of ketones is 1. The predicted molar refractivity (Wildman–Crippen MR) is 61.2 cm³/mol. The molecule has 0 amide bonds. The van der Waals surface area contributed by atoms with E-state index in [0.29, 0.717) is 12.8 Å². The van der Waals surface area contributed by atoms with Crippen LogP contribution in [0, 0.1) is 5.92 Å². The van der Waals surface area contributed by atoms with Gasteiger partial charge >= 0.3 is 0 Å². The van der Waals surface area contributed by atoms with E-state index < -0.39 is 12.4 Å². The third-order valence-corrected chi connectivity index (χ3v) is 3.31. The molecule has 17 heavy (non-hydrogen) atoms. The van der Waals surface area contributed by atoms with Crippen LogP contribution in [0.25, 0.3) is 0 Å². The van der Waals surface area contributed by atoms with Crippen LogP contribution in [0.2, 0.25) is 0 Å². The number of carbonyl (C=O) groups excluding carboxylic acids is 1. The van der Waals surface area contributed by atoms with E-state index >= 15 is 0 Å². The molecule has 2 N–H and O–H groups in total. The third-order valence-electron chi connectivity index (χ3n) is 3.31. The first-order chi connectivity index (χ1) is 8.06. The van der Waals surface area contributed by atoms with E-state index in [-0.39, 0.29) is 24.0 Å². The second kappa shape index (κ2) is 5.44. The van der Waals surface area contributed by atoms with E-state index in [1.807, 2.05) is 6.92 Å². The lowest BCUT2D eigenvalue weighted by Crippen LogP contribution is -2.46. The standard InChI is InChI=1S/C12H21NO4/c1-7-5-9(4-3-8(2)14)16-12(11(7)15)17-10-6-13-10/h7,9-13,15H,3-6H2,1-2H3/t7-,9+,10?,11-,12+/m0/s1. The fourth-order valence-electron chi connectivity index (χ4n) is 2.12. The lowest BCUT2D eigenvalue weighted by Gasteiger charge is -2.37. The van der Waals surface area contributed by atoms with E-state index in [2.05, 4.69) is 5.32 Å². The number of carbonyl (C=O) groups is 1. The summed E-state index contributed by atoms with van der Waals surface area (Å²) in [6, 6.07) is 0. The van der Waals surface area contributed by atoms with Gasteiger partial charge in [-0.1, -0.05) is 6.92 Å². The smallest absolute Gasteiger partial charge is 0.186 e. The number of nitrogens with one attached hydrogen (secondary N) is 1. The molecule has 0 aromatic rings. The quantitative estimate of drug-likeness (QED) is 0.684. The Morgan fingerprint density at radius 3 is 2.88 bits per heavy atom. The summed E-state index contributed by atoms with van der Waals surface area (Å²) in [5.41, 5.74) is 0. The molecule has 0 saturated carbocycles. The number of aliphatic hydroxyl groups is 1. The van der Waals surface area contributed by atoms with E-state index in [0.717, 1.165) is 13.0 Å². The molecule has 5 heteroatoms. The van der Waals surface area contributed by atoms with Crippen LogP contribution in [0.5, 0.6) is 0 Å². The average molecular weight is 243 g/mol. The van der Waals surface area contributed by atoms with Crippen LogP contribution in [0.15, 0.2) is 0 Å². The van der Waals surface area contributed by atoms with Crippen LogP contribution in [-0.4, -0.2) is 42.2 Å². The van der Waals surface area contributed by atoms with Gasteiger partial charge in [0.05, 0.1) is 6.10 Å². The van der Waals surface area contributed by atoms with E-state index in [9.17, 15) is 9.90 Å². The van der Waals surface area contributed by atoms with Gasteiger partial charge in [0.2, 0.25) is 0 Å². The number of hydrogen-bond acceptors (Lipinski definition) is 5. The maximum absolute atomic E-state index is 11.0. The van der Waals surface area contributed by atoms with Crippen molar-refractivity contribution < 1.29 is 19.4 Å². The largest absolute Gasteiger partial charge is 0.388 e. The molecule has 2 aliphatic rings. The van der Waals surface area contributed by atoms with Crippen LogP contribution in [0.1, 0.15) is 33.1 Å². The number of ether oxygens (including phenoxy) is 2. The summed E-state index contributed by atoms with van der Waals surface area (Å²) in [6.07, 6.45) is 0.926. The van der Waals surface area contributed by atoms with Crippen molar-refractivity contribution >= 4 is 5.78 Å². The summed E-state index contributed by atoms with van der Waals surface area (Å²) < 4.78 is 11.3. The first-order valence-corrected chi connectivity index (χ1v) is 6.28. The zero-order chi connectivity index (χ0) is 12.4. The Hall–Kier alpha value is -0.490. The van der Waals surface area contributed by atoms with Crippen LogP contribution >= 0.6 is 0 Å². The summed E-state index contributed by atoms with van der Waals surface area (Å²) in [5, 5.41) is 13.0. The van der Waals surface area contributed by atoms with Crippen molar-refractivity contribution in [1.29, 1.82) is 0 Å². The van der Waals surface area contributed by atoms with Crippen molar-refractivity contribution in [1.82, 2.24) is 5.32 Å². The van der Waals surface area contributed by atoms with Crippen LogP contribution in [-0.2, 0) is 14.3 Å². The molecule has 0 aliphatic carbocycles. The average Bonchev–Trinajstić information content (AvgIpc) is 3.06. The zero-order valence-corrected chi connectivity index (χ0v) is 10.4. The predicted octanol–water partition coefficient (Wildman–Crippen LogP) is 0.413. The molecular formula is C12H21NO4. The summed E-state index contributed by atoms with van der Waals surface area (Å²) in [5.74, 6) is 0.318. The van der Waals surface area contributed by atoms with Crippen molar-refractivity contribution in [3.05, 3.63) is 0 Å². The maximum Gasteiger partial charge on any atom is 0.186 e. The first kappa shape index (κ1) is 13.0. The van der Waals surface area contributed by atoms with E-state index in [1.165, 1.54) is 0 Å². The molecule has 2 rings (SSSR count). The van der Waals surface area contributed by atoms with Gasteiger partial charge in [-0.25, -0.2) is 0 Å². The van der Waals surface area contributed by atoms with Gasteiger partial charge in [-0.15, -0.1) is 0 Å². The molecule has 0 spiro atoms. The fourth-order valence-corrected chi connectivity index (χ4v) is 2.12. The Labute approximate surface area is 101 Å². The minimum Gasteiger partial charge on any atom is -0.388 e. The monoisotopic (exact) mass is 243 g/mol. The molecule has 5 nitrogen and oxygen atoms in total. The van der Waals surface area contributed by atoms with Crippen molar-refractivity contribution in [3.63, 3.8) is 0 Å². The minimum atomic E-state index is -0.578. The van der Waals surface area contributed by atoms with E-state index in [1.54, 1.807) is 6.92 Å². The Bertz CT molecular complexity index is 280. The van der Waals surface area contributed by atoms with Crippen LogP contribution in [0.3, 0.4) is 0 Å². The number of rotatable bonds is 5. The van der Waals surface area contributed by atoms with Crippen molar-refractivity contribution in [2.24, 2.45) is 5.92 Å². The summed E-state index contributed by atoms with van der Waals surface area (Å²) in [4.78, 5) is 11.0. The van der Waals surface area contributed by atoms with Gasteiger partial charge in [-0.05, 0) is 25.7 Å². The van der Waals surface area contributed by atoms with Crippen molar-refractivity contribution in [2.75, 3.05) is 6.54 Å². The van der Waals surface area contributed by atoms with Gasteiger partial charge < -0.3 is 19.4 Å². The van der Waals surface area contributed by atoms with Gasteiger partial charge in [0.1, 0.15) is 18.1 Å². The Balaban J connectivity index is 1.84. The molecule has 0 aromatic carbocycles. The van der Waals surface area contributed by atoms with Gasteiger partial charge in [-0.3, -0.25) is 5.32 Å². The van der Waals surface area contributed by atoms with Gasteiger partial charge in [0.15, 0.2) is 6.29 Å². The molecule has 2 fully saturated rings. The molecule has 0 radical (unpaired) electrons. The molecule has 0 aromatic heterocycles. The summed E-state index contributed by atoms with van der Waals surface area (Å²) in [7, 11) is 0. The molecule has 98 valence electrons. The SMILES string of the molecule is CC(=O)CC[C@@H]1C[C@H](C)[C@H](O)[C@@H](OC2CN2)O1. The maximum atomic E-state index is 11.0. The highest BCUT2D eigenvalue weighted by molar-refractivity contribution is 5.75. The highest BCUT2D eigenvalue weighted by atomic mass is 16.7. The lowest BCUT2D eigenvalue weighted by atomic mass is 9.91. The van der Waals surface area contributed by atoms with Crippen LogP contribution in [0.4, 0.5) is 0 Å². The highest BCUT2D eigenvalue weighted by Gasteiger charge is 2.39. The Morgan fingerprint density at radius 1 is 1.59 bits per heavy atom. The van der Waals surface area contributed by atoms with Gasteiger partial charge in [0, 0.05) is 13.0 Å². The molecule has 5 atom stereocenters. The second-order valence-corrected chi connectivity index (χ2v) is 5.10. The highest BCUT2D eigenvalue weighted by Crippen LogP contribution is 2.29. The summed E-state index contributed by atoms with van der Waals surface area (Å²) >= 11 is 0. The molecule has 0 bridgehead atoms. The molecule has 2 aliphatic heterocycles. The molecule has 1 unspecified atom stereocenters. The number of aliphatic hydroxyl groups excluding tert-OH is 1. The van der Waals surface area contributed by atoms with Gasteiger partial charge in [0.25, 0.3) is 0 Å².